The molecule has 0 spiro atoms. The molecule has 0 saturated carbocycles. The molecule has 2 atom stereocenters. The average Bonchev–Trinajstić information content (AvgIpc) is 2.43. The van der Waals surface area contributed by atoms with E-state index in [0.29, 0.717) is 12.1 Å². The van der Waals surface area contributed by atoms with E-state index in [2.05, 4.69) is 75.4 Å². The predicted octanol–water partition coefficient (Wildman–Crippen LogP) is 4.48. The SMILES string of the molecule is CCCCC(NC(CC(C)C)CN(C)C)c1ccccc1. The van der Waals surface area contributed by atoms with Gasteiger partial charge in [0, 0.05) is 18.6 Å². The van der Waals surface area contributed by atoms with Crippen LogP contribution in [-0.4, -0.2) is 31.6 Å². The molecule has 0 saturated heterocycles. The van der Waals surface area contributed by atoms with Gasteiger partial charge in [0.25, 0.3) is 0 Å². The first-order valence-corrected chi connectivity index (χ1v) is 8.48. The van der Waals surface area contributed by atoms with Crippen molar-refractivity contribution < 1.29 is 0 Å². The summed E-state index contributed by atoms with van der Waals surface area (Å²) in [4.78, 5) is 2.29. The molecule has 0 radical (unpaired) electrons. The lowest BCUT2D eigenvalue weighted by Crippen LogP contribution is -2.41. The van der Waals surface area contributed by atoms with E-state index in [9.17, 15) is 0 Å². The molecule has 0 heterocycles. The fourth-order valence-electron chi connectivity index (χ4n) is 2.93. The Labute approximate surface area is 131 Å². The van der Waals surface area contributed by atoms with Crippen LogP contribution in [0.2, 0.25) is 0 Å². The van der Waals surface area contributed by atoms with Crippen molar-refractivity contribution in [2.75, 3.05) is 20.6 Å². The van der Waals surface area contributed by atoms with Gasteiger partial charge >= 0.3 is 0 Å². The van der Waals surface area contributed by atoms with Gasteiger partial charge in [-0.1, -0.05) is 63.9 Å². The summed E-state index contributed by atoms with van der Waals surface area (Å²) < 4.78 is 0. The van der Waals surface area contributed by atoms with Crippen molar-refractivity contribution in [2.45, 2.75) is 58.5 Å². The van der Waals surface area contributed by atoms with Gasteiger partial charge in [0.2, 0.25) is 0 Å². The molecule has 120 valence electrons. The van der Waals surface area contributed by atoms with Crippen LogP contribution in [-0.2, 0) is 0 Å². The van der Waals surface area contributed by atoms with Gasteiger partial charge in [0.1, 0.15) is 0 Å². The van der Waals surface area contributed by atoms with Crippen molar-refractivity contribution in [1.82, 2.24) is 10.2 Å². The lowest BCUT2D eigenvalue weighted by Gasteiger charge is -2.29. The van der Waals surface area contributed by atoms with E-state index in [4.69, 9.17) is 0 Å². The molecule has 1 aromatic carbocycles. The highest BCUT2D eigenvalue weighted by molar-refractivity contribution is 5.19. The molecule has 21 heavy (non-hydrogen) atoms. The Morgan fingerprint density at radius 1 is 1.10 bits per heavy atom. The molecule has 1 aromatic rings. The van der Waals surface area contributed by atoms with Crippen LogP contribution >= 0.6 is 0 Å². The maximum absolute atomic E-state index is 3.93. The Hall–Kier alpha value is -0.860. The van der Waals surface area contributed by atoms with Crippen molar-refractivity contribution in [1.29, 1.82) is 0 Å². The molecule has 2 heteroatoms. The fraction of sp³-hybridized carbons (Fsp3) is 0.684. The Balaban J connectivity index is 2.75. The van der Waals surface area contributed by atoms with E-state index in [1.165, 1.54) is 31.2 Å². The second-order valence-corrected chi connectivity index (χ2v) is 6.86. The molecule has 0 aliphatic carbocycles. The highest BCUT2D eigenvalue weighted by atomic mass is 15.1. The fourth-order valence-corrected chi connectivity index (χ4v) is 2.93. The second kappa shape index (κ2) is 9.97. The third-order valence-electron chi connectivity index (χ3n) is 3.83. The molecule has 0 aromatic heterocycles. The van der Waals surface area contributed by atoms with Gasteiger partial charge in [0.05, 0.1) is 0 Å². The topological polar surface area (TPSA) is 15.3 Å². The molecule has 0 bridgehead atoms. The maximum atomic E-state index is 3.93. The first-order valence-electron chi connectivity index (χ1n) is 8.48. The van der Waals surface area contributed by atoms with E-state index in [1.807, 2.05) is 0 Å². The van der Waals surface area contributed by atoms with Gasteiger partial charge in [-0.3, -0.25) is 0 Å². The molecule has 0 fully saturated rings. The Morgan fingerprint density at radius 3 is 2.29 bits per heavy atom. The predicted molar refractivity (Wildman–Crippen MR) is 93.6 cm³/mol. The largest absolute Gasteiger partial charge is 0.308 e. The summed E-state index contributed by atoms with van der Waals surface area (Å²) in [5, 5.41) is 3.93. The summed E-state index contributed by atoms with van der Waals surface area (Å²) in [5.74, 6) is 0.727. The summed E-state index contributed by atoms with van der Waals surface area (Å²) in [5.41, 5.74) is 1.43. The highest BCUT2D eigenvalue weighted by Gasteiger charge is 2.18. The van der Waals surface area contributed by atoms with Crippen LogP contribution in [0, 0.1) is 5.92 Å². The summed E-state index contributed by atoms with van der Waals surface area (Å²) >= 11 is 0. The summed E-state index contributed by atoms with van der Waals surface area (Å²) in [6, 6.07) is 12.0. The Morgan fingerprint density at radius 2 is 1.76 bits per heavy atom. The van der Waals surface area contributed by atoms with Crippen molar-refractivity contribution >= 4 is 0 Å². The molecular weight excluding hydrogens is 256 g/mol. The van der Waals surface area contributed by atoms with E-state index in [-0.39, 0.29) is 0 Å². The van der Waals surface area contributed by atoms with E-state index >= 15 is 0 Å². The third kappa shape index (κ3) is 7.63. The minimum Gasteiger partial charge on any atom is -0.308 e. The van der Waals surface area contributed by atoms with Gasteiger partial charge in [-0.15, -0.1) is 0 Å². The number of rotatable bonds is 10. The van der Waals surface area contributed by atoms with Crippen LogP contribution < -0.4 is 5.32 Å². The van der Waals surface area contributed by atoms with Crippen LogP contribution in [0.15, 0.2) is 30.3 Å². The molecule has 1 N–H and O–H groups in total. The monoisotopic (exact) mass is 290 g/mol. The molecule has 0 aliphatic heterocycles. The van der Waals surface area contributed by atoms with Crippen LogP contribution in [0.25, 0.3) is 0 Å². The highest BCUT2D eigenvalue weighted by Crippen LogP contribution is 2.21. The number of unbranched alkanes of at least 4 members (excludes halogenated alkanes) is 1. The van der Waals surface area contributed by atoms with Crippen LogP contribution in [0.3, 0.4) is 0 Å². The lowest BCUT2D eigenvalue weighted by atomic mass is 9.97. The van der Waals surface area contributed by atoms with E-state index < -0.39 is 0 Å². The molecule has 0 aliphatic rings. The van der Waals surface area contributed by atoms with Crippen LogP contribution in [0.5, 0.6) is 0 Å². The van der Waals surface area contributed by atoms with Crippen molar-refractivity contribution in [2.24, 2.45) is 5.92 Å². The van der Waals surface area contributed by atoms with Crippen LogP contribution in [0.4, 0.5) is 0 Å². The molecule has 2 nitrogen and oxygen atoms in total. The van der Waals surface area contributed by atoms with Crippen molar-refractivity contribution in [3.8, 4) is 0 Å². The number of likely N-dealkylation sites (N-methyl/N-ethyl adjacent to an activating group) is 1. The third-order valence-corrected chi connectivity index (χ3v) is 3.83. The molecule has 0 amide bonds. The first-order chi connectivity index (χ1) is 10.0. The van der Waals surface area contributed by atoms with Crippen molar-refractivity contribution in [3.05, 3.63) is 35.9 Å². The molecule has 1 rings (SSSR count). The lowest BCUT2D eigenvalue weighted by molar-refractivity contribution is 0.280. The number of nitrogens with zero attached hydrogens (tertiary/aromatic N) is 1. The standard InChI is InChI=1S/C19H34N2/c1-6-7-13-19(17-11-9-8-10-12-17)20-18(14-16(2)3)15-21(4)5/h8-12,16,18-20H,6-7,13-15H2,1-5H3. The zero-order valence-electron chi connectivity index (χ0n) is 14.6. The summed E-state index contributed by atoms with van der Waals surface area (Å²) in [6.45, 7) is 8.00. The summed E-state index contributed by atoms with van der Waals surface area (Å²) in [6.07, 6.45) is 4.99. The first kappa shape index (κ1) is 18.2. The number of nitrogens with one attached hydrogen (secondary N) is 1. The smallest absolute Gasteiger partial charge is 0.0323 e. The number of benzene rings is 1. The minimum absolute atomic E-state index is 0.481. The Kier molecular flexibility index (Phi) is 8.63. The normalized spacial score (nSPS) is 14.6. The van der Waals surface area contributed by atoms with Gasteiger partial charge in [0.15, 0.2) is 0 Å². The van der Waals surface area contributed by atoms with Gasteiger partial charge in [-0.2, -0.15) is 0 Å². The second-order valence-electron chi connectivity index (χ2n) is 6.86. The van der Waals surface area contributed by atoms with Gasteiger partial charge < -0.3 is 10.2 Å². The van der Waals surface area contributed by atoms with Gasteiger partial charge in [-0.25, -0.2) is 0 Å². The number of hydrogen-bond donors (Lipinski definition) is 1. The van der Waals surface area contributed by atoms with Crippen LogP contribution in [0.1, 0.15) is 58.1 Å². The quantitative estimate of drug-likeness (QED) is 0.683. The minimum atomic E-state index is 0.481. The Bertz CT molecular complexity index is 349. The maximum Gasteiger partial charge on any atom is 0.0323 e. The zero-order valence-corrected chi connectivity index (χ0v) is 14.6. The van der Waals surface area contributed by atoms with E-state index in [1.54, 1.807) is 0 Å². The number of hydrogen-bond acceptors (Lipinski definition) is 2. The zero-order chi connectivity index (χ0) is 15.7. The average molecular weight is 290 g/mol. The molecular formula is C19H34N2. The van der Waals surface area contributed by atoms with Gasteiger partial charge in [-0.05, 0) is 38.4 Å². The van der Waals surface area contributed by atoms with Crippen molar-refractivity contribution in [3.63, 3.8) is 0 Å². The van der Waals surface area contributed by atoms with E-state index in [0.717, 1.165) is 12.5 Å². The summed E-state index contributed by atoms with van der Waals surface area (Å²) in [7, 11) is 4.33. The molecule has 2 unspecified atom stereocenters.